The lowest BCUT2D eigenvalue weighted by atomic mass is 9.96. The summed E-state index contributed by atoms with van der Waals surface area (Å²) < 4.78 is 44.1. The topological polar surface area (TPSA) is 72.7 Å². The minimum atomic E-state index is -4.66. The summed E-state index contributed by atoms with van der Waals surface area (Å²) in [6.07, 6.45) is -2.99. The van der Waals surface area contributed by atoms with Crippen LogP contribution in [-0.2, 0) is 17.4 Å². The van der Waals surface area contributed by atoms with Gasteiger partial charge in [0.15, 0.2) is 0 Å². The number of benzene rings is 2. The summed E-state index contributed by atoms with van der Waals surface area (Å²) in [5.41, 5.74) is -0.413. The van der Waals surface area contributed by atoms with Gasteiger partial charge in [-0.2, -0.15) is 13.2 Å². The van der Waals surface area contributed by atoms with E-state index in [-0.39, 0.29) is 17.6 Å². The molecule has 3 rings (SSSR count). The third-order valence-electron chi connectivity index (χ3n) is 5.22. The van der Waals surface area contributed by atoms with Crippen LogP contribution in [0.5, 0.6) is 5.75 Å². The van der Waals surface area contributed by atoms with E-state index in [9.17, 15) is 28.1 Å². The van der Waals surface area contributed by atoms with E-state index in [1.807, 2.05) is 19.1 Å². The molecule has 0 saturated carbocycles. The van der Waals surface area contributed by atoms with Crippen LogP contribution in [0.1, 0.15) is 30.9 Å². The van der Waals surface area contributed by atoms with Crippen LogP contribution in [0.4, 0.5) is 24.5 Å². The predicted molar refractivity (Wildman–Crippen MR) is 104 cm³/mol. The van der Waals surface area contributed by atoms with E-state index in [0.717, 1.165) is 24.1 Å². The first kappa shape index (κ1) is 21.6. The number of nitro groups is 1. The average molecular weight is 422 g/mol. The lowest BCUT2D eigenvalue weighted by Crippen LogP contribution is -2.38. The van der Waals surface area contributed by atoms with E-state index < -0.39 is 22.4 Å². The predicted octanol–water partition coefficient (Wildman–Crippen LogP) is 5.00. The molecule has 0 bridgehead atoms. The molecule has 9 heteroatoms. The van der Waals surface area contributed by atoms with Crippen molar-refractivity contribution >= 4 is 17.3 Å². The number of halogens is 3. The Morgan fingerprint density at radius 1 is 1.17 bits per heavy atom. The summed E-state index contributed by atoms with van der Waals surface area (Å²) in [5, 5.41) is 11.3. The average Bonchev–Trinajstić information content (AvgIpc) is 2.73. The number of nitro benzene ring substituents is 1. The number of carbonyl (C=O) groups excluding carboxylic acids is 1. The summed E-state index contributed by atoms with van der Waals surface area (Å²) in [6, 6.07) is 9.74. The fraction of sp³-hybridized carbons (Fsp3) is 0.381. The van der Waals surface area contributed by atoms with Crippen molar-refractivity contribution in [3.63, 3.8) is 0 Å². The van der Waals surface area contributed by atoms with Crippen LogP contribution < -0.4 is 9.64 Å². The molecular formula is C21H21F3N2O4. The summed E-state index contributed by atoms with van der Waals surface area (Å²) in [6.45, 7) is 2.64. The van der Waals surface area contributed by atoms with Crippen molar-refractivity contribution in [2.45, 2.75) is 32.4 Å². The number of ether oxygens (including phenoxy) is 1. The molecule has 0 spiro atoms. The number of anilines is 1. The number of piperidine rings is 1. The normalized spacial score (nSPS) is 15.1. The number of aryl methyl sites for hydroxylation is 1. The van der Waals surface area contributed by atoms with Gasteiger partial charge < -0.3 is 9.64 Å². The molecule has 0 unspecified atom stereocenters. The summed E-state index contributed by atoms with van der Waals surface area (Å²) >= 11 is 0. The number of alkyl halides is 3. The van der Waals surface area contributed by atoms with E-state index >= 15 is 0 Å². The number of hydrogen-bond acceptors (Lipinski definition) is 5. The molecule has 0 radical (unpaired) electrons. The highest BCUT2D eigenvalue weighted by atomic mass is 19.4. The lowest BCUT2D eigenvalue weighted by Gasteiger charge is -2.32. The smallest absolute Gasteiger partial charge is 0.416 e. The zero-order chi connectivity index (χ0) is 21.9. The summed E-state index contributed by atoms with van der Waals surface area (Å²) in [7, 11) is 0. The van der Waals surface area contributed by atoms with Crippen molar-refractivity contribution in [1.82, 2.24) is 0 Å². The van der Waals surface area contributed by atoms with Crippen molar-refractivity contribution < 1.29 is 27.6 Å². The molecule has 2 aromatic carbocycles. The maximum Gasteiger partial charge on any atom is 0.416 e. The molecule has 2 aromatic rings. The second kappa shape index (κ2) is 8.73. The number of carbonyl (C=O) groups is 1. The fourth-order valence-electron chi connectivity index (χ4n) is 3.46. The first-order valence-corrected chi connectivity index (χ1v) is 9.60. The van der Waals surface area contributed by atoms with Crippen LogP contribution in [0.2, 0.25) is 0 Å². The quantitative estimate of drug-likeness (QED) is 0.294. The van der Waals surface area contributed by atoms with E-state index in [1.165, 1.54) is 0 Å². The highest BCUT2D eigenvalue weighted by Crippen LogP contribution is 2.37. The minimum Gasteiger partial charge on any atom is -0.426 e. The van der Waals surface area contributed by atoms with Gasteiger partial charge in [0.1, 0.15) is 11.4 Å². The molecule has 0 aromatic heterocycles. The van der Waals surface area contributed by atoms with E-state index in [0.29, 0.717) is 37.7 Å². The van der Waals surface area contributed by atoms with Crippen LogP contribution in [0.15, 0.2) is 42.5 Å². The zero-order valence-corrected chi connectivity index (χ0v) is 16.3. The Labute approximate surface area is 171 Å². The highest BCUT2D eigenvalue weighted by molar-refractivity contribution is 5.76. The molecule has 0 aliphatic carbocycles. The van der Waals surface area contributed by atoms with Gasteiger partial charge in [-0.1, -0.05) is 19.1 Å². The van der Waals surface area contributed by atoms with Gasteiger partial charge in [-0.3, -0.25) is 14.9 Å². The van der Waals surface area contributed by atoms with Crippen molar-refractivity contribution in [2.24, 2.45) is 5.92 Å². The second-order valence-electron chi connectivity index (χ2n) is 7.14. The van der Waals surface area contributed by atoms with Gasteiger partial charge >= 0.3 is 12.1 Å². The monoisotopic (exact) mass is 422 g/mol. The Bertz CT molecular complexity index is 921. The van der Waals surface area contributed by atoms with Crippen LogP contribution in [0.3, 0.4) is 0 Å². The third kappa shape index (κ3) is 4.90. The number of nitrogens with zero attached hydrogens (tertiary/aromatic N) is 2. The first-order chi connectivity index (χ1) is 14.2. The van der Waals surface area contributed by atoms with Crippen LogP contribution in [0, 0.1) is 16.0 Å². The SMILES string of the molecule is CCc1ccc(OC(=O)C2CCN(c3ccc(C(F)(F)F)cc3[N+](=O)[O-])CC2)cc1. The maximum atomic E-state index is 12.9. The van der Waals surface area contributed by atoms with Crippen LogP contribution >= 0.6 is 0 Å². The van der Waals surface area contributed by atoms with Gasteiger partial charge in [-0.05, 0) is 49.1 Å². The molecule has 0 atom stereocenters. The van der Waals surface area contributed by atoms with Gasteiger partial charge in [0.25, 0.3) is 5.69 Å². The Morgan fingerprint density at radius 2 is 1.80 bits per heavy atom. The van der Waals surface area contributed by atoms with E-state index in [2.05, 4.69) is 0 Å². The summed E-state index contributed by atoms with van der Waals surface area (Å²) in [4.78, 5) is 24.5. The first-order valence-electron chi connectivity index (χ1n) is 9.60. The summed E-state index contributed by atoms with van der Waals surface area (Å²) in [5.74, 6) is -0.292. The molecule has 0 amide bonds. The van der Waals surface area contributed by atoms with Crippen molar-refractivity contribution in [2.75, 3.05) is 18.0 Å². The largest absolute Gasteiger partial charge is 0.426 e. The number of rotatable bonds is 5. The standard InChI is InChI=1S/C21H21F3N2O4/c1-2-14-3-6-17(7-4-14)30-20(27)15-9-11-25(12-10-15)18-8-5-16(21(22,23)24)13-19(18)26(28)29/h3-8,13,15H,2,9-12H2,1H3. The van der Waals surface area contributed by atoms with Crippen molar-refractivity contribution in [1.29, 1.82) is 0 Å². The minimum absolute atomic E-state index is 0.120. The molecule has 1 aliphatic heterocycles. The lowest BCUT2D eigenvalue weighted by molar-refractivity contribution is -0.384. The van der Waals surface area contributed by atoms with E-state index in [4.69, 9.17) is 4.74 Å². The second-order valence-corrected chi connectivity index (χ2v) is 7.14. The fourth-order valence-corrected chi connectivity index (χ4v) is 3.46. The zero-order valence-electron chi connectivity index (χ0n) is 16.3. The Morgan fingerprint density at radius 3 is 2.33 bits per heavy atom. The highest BCUT2D eigenvalue weighted by Gasteiger charge is 2.35. The van der Waals surface area contributed by atoms with Gasteiger partial charge in [-0.15, -0.1) is 0 Å². The molecule has 160 valence electrons. The number of hydrogen-bond donors (Lipinski definition) is 0. The van der Waals surface area contributed by atoms with E-state index in [1.54, 1.807) is 17.0 Å². The Balaban J connectivity index is 1.66. The van der Waals surface area contributed by atoms with Crippen LogP contribution in [0.25, 0.3) is 0 Å². The molecule has 6 nitrogen and oxygen atoms in total. The van der Waals surface area contributed by atoms with Crippen LogP contribution in [-0.4, -0.2) is 24.0 Å². The molecule has 30 heavy (non-hydrogen) atoms. The van der Waals surface area contributed by atoms with Crippen molar-refractivity contribution in [3.8, 4) is 5.75 Å². The molecule has 1 aliphatic rings. The van der Waals surface area contributed by atoms with Gasteiger partial charge in [-0.25, -0.2) is 0 Å². The van der Waals surface area contributed by atoms with Gasteiger partial charge in [0.2, 0.25) is 0 Å². The van der Waals surface area contributed by atoms with Crippen molar-refractivity contribution in [3.05, 3.63) is 63.7 Å². The Kier molecular flexibility index (Phi) is 6.28. The van der Waals surface area contributed by atoms with Gasteiger partial charge in [0, 0.05) is 19.2 Å². The molecule has 1 saturated heterocycles. The molecule has 0 N–H and O–H groups in total. The van der Waals surface area contributed by atoms with Gasteiger partial charge in [0.05, 0.1) is 16.4 Å². The number of esters is 1. The molecular weight excluding hydrogens is 401 g/mol. The third-order valence-corrected chi connectivity index (χ3v) is 5.22. The molecule has 1 fully saturated rings. The maximum absolute atomic E-state index is 12.9. The molecule has 1 heterocycles. The Hall–Kier alpha value is -3.10.